The van der Waals surface area contributed by atoms with Gasteiger partial charge in [0, 0.05) is 49.2 Å². The molecule has 2 aromatic rings. The van der Waals surface area contributed by atoms with Crippen LogP contribution in [0.25, 0.3) is 0 Å². The summed E-state index contributed by atoms with van der Waals surface area (Å²) in [7, 11) is 0. The monoisotopic (exact) mass is 341 g/mol. The Balaban J connectivity index is 1.37. The van der Waals surface area contributed by atoms with E-state index in [0.29, 0.717) is 12.0 Å². The van der Waals surface area contributed by atoms with Crippen LogP contribution in [0.15, 0.2) is 35.5 Å². The number of anilines is 1. The molecule has 126 valence electrons. The predicted octanol–water partition coefficient (Wildman–Crippen LogP) is 2.45. The van der Waals surface area contributed by atoms with Crippen molar-refractivity contribution >= 4 is 17.4 Å². The molecule has 1 aromatic carbocycles. The topological polar surface area (TPSA) is 37.2 Å². The standard InChI is InChI=1S/C18H23N5S/c1-3-14-15-13-21(10-11-22-9-6-19-20-22)8-5-16(15)23-7-2-12-24-17(4-1)18(14)23/h1,3-4,6,9,15-16H,2,5,7-8,10-13H2/t15-,16-/m0/s1. The SMILES string of the molecule is c1cc2c3c(c1)[C@@H]1CN(CCn4ccnn4)CC[C@@H]1N3CCCS2. The molecule has 0 radical (unpaired) electrons. The molecular weight excluding hydrogens is 318 g/mol. The van der Waals surface area contributed by atoms with Gasteiger partial charge in [0.15, 0.2) is 0 Å². The Bertz CT molecular complexity index is 716. The summed E-state index contributed by atoms with van der Waals surface area (Å²) >= 11 is 2.05. The summed E-state index contributed by atoms with van der Waals surface area (Å²) in [6, 6.07) is 7.68. The minimum Gasteiger partial charge on any atom is -0.367 e. The lowest BCUT2D eigenvalue weighted by Crippen LogP contribution is -2.47. The van der Waals surface area contributed by atoms with Gasteiger partial charge in [-0.15, -0.1) is 16.9 Å². The second-order valence-electron chi connectivity index (χ2n) is 7.02. The van der Waals surface area contributed by atoms with Crippen molar-refractivity contribution in [3.63, 3.8) is 0 Å². The molecule has 0 unspecified atom stereocenters. The summed E-state index contributed by atoms with van der Waals surface area (Å²) in [4.78, 5) is 6.86. The van der Waals surface area contributed by atoms with E-state index in [0.717, 1.165) is 13.1 Å². The quantitative estimate of drug-likeness (QED) is 0.857. The van der Waals surface area contributed by atoms with Crippen LogP contribution in [-0.2, 0) is 6.54 Å². The number of nitrogens with zero attached hydrogens (tertiary/aromatic N) is 5. The maximum absolute atomic E-state index is 4.09. The number of thioether (sulfide) groups is 1. The summed E-state index contributed by atoms with van der Waals surface area (Å²) in [6.07, 6.45) is 6.29. The van der Waals surface area contributed by atoms with Gasteiger partial charge in [-0.1, -0.05) is 17.3 Å². The van der Waals surface area contributed by atoms with E-state index in [-0.39, 0.29) is 0 Å². The summed E-state index contributed by atoms with van der Waals surface area (Å²) in [6.45, 7) is 5.61. The van der Waals surface area contributed by atoms with Gasteiger partial charge in [-0.25, -0.2) is 0 Å². The van der Waals surface area contributed by atoms with Crippen molar-refractivity contribution in [3.05, 3.63) is 36.2 Å². The van der Waals surface area contributed by atoms with Gasteiger partial charge < -0.3 is 9.80 Å². The van der Waals surface area contributed by atoms with E-state index in [1.54, 1.807) is 17.4 Å². The lowest BCUT2D eigenvalue weighted by atomic mass is 9.89. The van der Waals surface area contributed by atoms with Gasteiger partial charge in [0.1, 0.15) is 0 Å². The van der Waals surface area contributed by atoms with Crippen LogP contribution >= 0.6 is 11.8 Å². The summed E-state index contributed by atoms with van der Waals surface area (Å²) in [5, 5.41) is 7.99. The van der Waals surface area contributed by atoms with E-state index in [1.165, 1.54) is 43.1 Å². The number of fused-ring (bicyclic) bond motifs is 3. The summed E-state index contributed by atoms with van der Waals surface area (Å²) < 4.78 is 1.94. The van der Waals surface area contributed by atoms with Crippen LogP contribution in [0.5, 0.6) is 0 Å². The normalized spacial score (nSPS) is 26.1. The van der Waals surface area contributed by atoms with Crippen LogP contribution in [0, 0.1) is 0 Å². The molecule has 0 spiro atoms. The van der Waals surface area contributed by atoms with Gasteiger partial charge in [-0.2, -0.15) is 0 Å². The third kappa shape index (κ3) is 2.43. The average Bonchev–Trinajstić information content (AvgIpc) is 3.17. The van der Waals surface area contributed by atoms with Crippen LogP contribution in [0.1, 0.15) is 24.3 Å². The van der Waals surface area contributed by atoms with Crippen LogP contribution in [0.2, 0.25) is 0 Å². The molecule has 24 heavy (non-hydrogen) atoms. The third-order valence-corrected chi connectivity index (χ3v) is 6.83. The Hall–Kier alpha value is -1.53. The number of hydrogen-bond donors (Lipinski definition) is 0. The van der Waals surface area contributed by atoms with Crippen LogP contribution in [-0.4, -0.2) is 57.9 Å². The molecule has 0 N–H and O–H groups in total. The van der Waals surface area contributed by atoms with Crippen molar-refractivity contribution in [2.45, 2.75) is 36.2 Å². The Morgan fingerprint density at radius 1 is 1.21 bits per heavy atom. The highest BCUT2D eigenvalue weighted by Crippen LogP contribution is 2.50. The molecule has 2 atom stereocenters. The van der Waals surface area contributed by atoms with E-state index in [2.05, 4.69) is 38.3 Å². The largest absolute Gasteiger partial charge is 0.367 e. The van der Waals surface area contributed by atoms with Crippen LogP contribution in [0.3, 0.4) is 0 Å². The second kappa shape index (κ2) is 6.08. The van der Waals surface area contributed by atoms with Crippen molar-refractivity contribution in [1.82, 2.24) is 19.9 Å². The van der Waals surface area contributed by atoms with Gasteiger partial charge >= 0.3 is 0 Å². The fourth-order valence-electron chi connectivity index (χ4n) is 4.61. The number of piperidine rings is 1. The zero-order valence-electron chi connectivity index (χ0n) is 13.8. The molecule has 5 nitrogen and oxygen atoms in total. The highest BCUT2D eigenvalue weighted by molar-refractivity contribution is 7.99. The van der Waals surface area contributed by atoms with Crippen LogP contribution in [0.4, 0.5) is 5.69 Å². The Morgan fingerprint density at radius 3 is 3.12 bits per heavy atom. The first-order valence-corrected chi connectivity index (χ1v) is 9.97. The molecule has 1 saturated heterocycles. The zero-order chi connectivity index (χ0) is 15.9. The van der Waals surface area contributed by atoms with Gasteiger partial charge in [-0.05, 0) is 30.2 Å². The van der Waals surface area contributed by atoms with Crippen molar-refractivity contribution in [2.75, 3.05) is 36.8 Å². The number of benzene rings is 1. The first-order valence-electron chi connectivity index (χ1n) is 8.99. The van der Waals surface area contributed by atoms with E-state index in [9.17, 15) is 0 Å². The molecule has 4 heterocycles. The molecule has 0 bridgehead atoms. The van der Waals surface area contributed by atoms with Gasteiger partial charge in [0.05, 0.1) is 18.4 Å². The number of aromatic nitrogens is 3. The maximum atomic E-state index is 4.09. The van der Waals surface area contributed by atoms with Crippen LogP contribution < -0.4 is 4.90 Å². The molecule has 1 aromatic heterocycles. The van der Waals surface area contributed by atoms with E-state index < -0.39 is 0 Å². The number of para-hydroxylation sites is 1. The summed E-state index contributed by atoms with van der Waals surface area (Å²) in [5.41, 5.74) is 3.16. The van der Waals surface area contributed by atoms with Crippen molar-refractivity contribution in [2.24, 2.45) is 0 Å². The molecule has 3 aliphatic rings. The van der Waals surface area contributed by atoms with E-state index in [4.69, 9.17) is 0 Å². The highest BCUT2D eigenvalue weighted by Gasteiger charge is 2.43. The van der Waals surface area contributed by atoms with E-state index in [1.807, 2.05) is 22.6 Å². The fraction of sp³-hybridized carbons (Fsp3) is 0.556. The first-order chi connectivity index (χ1) is 11.9. The number of hydrogen-bond acceptors (Lipinski definition) is 5. The molecule has 0 aliphatic carbocycles. The third-order valence-electron chi connectivity index (χ3n) is 5.70. The van der Waals surface area contributed by atoms with Gasteiger partial charge in [0.2, 0.25) is 0 Å². The molecule has 5 rings (SSSR count). The van der Waals surface area contributed by atoms with Crippen molar-refractivity contribution < 1.29 is 0 Å². The Kier molecular flexibility index (Phi) is 3.74. The second-order valence-corrected chi connectivity index (χ2v) is 8.16. The maximum Gasteiger partial charge on any atom is 0.0692 e. The zero-order valence-corrected chi connectivity index (χ0v) is 14.7. The Morgan fingerprint density at radius 2 is 2.21 bits per heavy atom. The molecular formula is C18H23N5S. The minimum atomic E-state index is 0.670. The molecule has 0 amide bonds. The fourth-order valence-corrected chi connectivity index (χ4v) is 5.65. The van der Waals surface area contributed by atoms with E-state index >= 15 is 0 Å². The minimum absolute atomic E-state index is 0.670. The van der Waals surface area contributed by atoms with Crippen molar-refractivity contribution in [1.29, 1.82) is 0 Å². The smallest absolute Gasteiger partial charge is 0.0692 e. The lowest BCUT2D eigenvalue weighted by molar-refractivity contribution is 0.185. The Labute approximate surface area is 147 Å². The molecule has 1 fully saturated rings. The number of likely N-dealkylation sites (tertiary alicyclic amines) is 1. The van der Waals surface area contributed by atoms with Gasteiger partial charge in [-0.3, -0.25) is 4.68 Å². The van der Waals surface area contributed by atoms with Crippen molar-refractivity contribution in [3.8, 4) is 0 Å². The molecule has 0 saturated carbocycles. The average molecular weight is 341 g/mol. The first kappa shape index (κ1) is 14.8. The number of rotatable bonds is 3. The summed E-state index contributed by atoms with van der Waals surface area (Å²) in [5.74, 6) is 1.93. The van der Waals surface area contributed by atoms with Gasteiger partial charge in [0.25, 0.3) is 0 Å². The highest BCUT2D eigenvalue weighted by atomic mass is 32.2. The molecule has 6 heteroatoms. The lowest BCUT2D eigenvalue weighted by Gasteiger charge is -2.38. The molecule has 3 aliphatic heterocycles. The predicted molar refractivity (Wildman–Crippen MR) is 96.7 cm³/mol.